The first-order valence-electron chi connectivity index (χ1n) is 9.99. The first-order valence-corrected chi connectivity index (χ1v) is 9.99. The summed E-state index contributed by atoms with van der Waals surface area (Å²) in [6, 6.07) is 6.33. The van der Waals surface area contributed by atoms with Gasteiger partial charge in [0, 0.05) is 31.3 Å². The molecule has 6 nitrogen and oxygen atoms in total. The van der Waals surface area contributed by atoms with Gasteiger partial charge in [-0.15, -0.1) is 0 Å². The lowest BCUT2D eigenvalue weighted by molar-refractivity contribution is 0.286. The summed E-state index contributed by atoms with van der Waals surface area (Å²) >= 11 is 0. The van der Waals surface area contributed by atoms with Crippen molar-refractivity contribution in [3.63, 3.8) is 0 Å². The first kappa shape index (κ1) is 21.8. The number of hydrogen-bond acceptors (Lipinski definition) is 4. The van der Waals surface area contributed by atoms with Crippen molar-refractivity contribution in [1.82, 2.24) is 15.8 Å². The summed E-state index contributed by atoms with van der Waals surface area (Å²) in [5.74, 6) is 3.22. The third-order valence-corrected chi connectivity index (χ3v) is 4.69. The van der Waals surface area contributed by atoms with Gasteiger partial charge in [0.15, 0.2) is 5.96 Å². The van der Waals surface area contributed by atoms with E-state index < -0.39 is 0 Å². The van der Waals surface area contributed by atoms with E-state index in [1.165, 1.54) is 5.56 Å². The van der Waals surface area contributed by atoms with Gasteiger partial charge in [-0.3, -0.25) is 4.99 Å². The lowest BCUT2D eigenvalue weighted by atomic mass is 10.1. The minimum absolute atomic E-state index is 0.632. The number of nitrogens with one attached hydrogen (secondary N) is 2. The van der Waals surface area contributed by atoms with Crippen LogP contribution < -0.4 is 15.4 Å². The van der Waals surface area contributed by atoms with Crippen LogP contribution in [0.2, 0.25) is 0 Å². The average Bonchev–Trinajstić information content (AvgIpc) is 2.97. The summed E-state index contributed by atoms with van der Waals surface area (Å²) in [5, 5.41) is 10.7. The lowest BCUT2D eigenvalue weighted by Crippen LogP contribution is -2.38. The number of aryl methyl sites for hydroxylation is 3. The topological polar surface area (TPSA) is 71.7 Å². The summed E-state index contributed by atoms with van der Waals surface area (Å²) in [6.45, 7) is 12.6. The monoisotopic (exact) mass is 386 g/mol. The van der Waals surface area contributed by atoms with E-state index in [-0.39, 0.29) is 0 Å². The van der Waals surface area contributed by atoms with Gasteiger partial charge in [-0.25, -0.2) is 0 Å². The fraction of sp³-hybridized carbons (Fsp3) is 0.545. The second-order valence-corrected chi connectivity index (χ2v) is 7.55. The van der Waals surface area contributed by atoms with E-state index in [1.807, 2.05) is 13.8 Å². The van der Waals surface area contributed by atoms with E-state index in [2.05, 4.69) is 59.8 Å². The Morgan fingerprint density at radius 2 is 2.00 bits per heavy atom. The lowest BCUT2D eigenvalue weighted by Gasteiger charge is -2.16. The number of nitrogens with zero attached hydrogens (tertiary/aromatic N) is 2. The highest BCUT2D eigenvalue weighted by Gasteiger charge is 2.10. The van der Waals surface area contributed by atoms with Gasteiger partial charge in [0.1, 0.15) is 11.5 Å². The zero-order valence-electron chi connectivity index (χ0n) is 18.1. The van der Waals surface area contributed by atoms with Crippen molar-refractivity contribution in [1.29, 1.82) is 0 Å². The third-order valence-electron chi connectivity index (χ3n) is 4.69. The van der Waals surface area contributed by atoms with E-state index in [4.69, 9.17) is 9.26 Å². The molecule has 0 radical (unpaired) electrons. The van der Waals surface area contributed by atoms with Crippen LogP contribution in [-0.2, 0) is 13.0 Å². The molecule has 0 aliphatic carbocycles. The van der Waals surface area contributed by atoms with Crippen molar-refractivity contribution in [3.05, 3.63) is 46.3 Å². The molecule has 0 bridgehead atoms. The molecule has 1 aromatic heterocycles. The molecule has 2 rings (SSSR count). The molecule has 0 saturated carbocycles. The van der Waals surface area contributed by atoms with Crippen LogP contribution in [0.5, 0.6) is 5.75 Å². The van der Waals surface area contributed by atoms with Gasteiger partial charge in [0.25, 0.3) is 0 Å². The summed E-state index contributed by atoms with van der Waals surface area (Å²) < 4.78 is 11.3. The van der Waals surface area contributed by atoms with Gasteiger partial charge in [-0.2, -0.15) is 0 Å². The number of hydrogen-bond donors (Lipinski definition) is 2. The van der Waals surface area contributed by atoms with E-state index in [9.17, 15) is 0 Å². The molecule has 154 valence electrons. The van der Waals surface area contributed by atoms with Crippen LogP contribution in [0, 0.1) is 26.7 Å². The first-order chi connectivity index (χ1) is 13.4. The van der Waals surface area contributed by atoms with Crippen LogP contribution >= 0.6 is 0 Å². The quantitative estimate of drug-likeness (QED) is 0.505. The highest BCUT2D eigenvalue weighted by Crippen LogP contribution is 2.21. The zero-order valence-corrected chi connectivity index (χ0v) is 18.1. The van der Waals surface area contributed by atoms with Crippen molar-refractivity contribution in [2.75, 3.05) is 20.2 Å². The second kappa shape index (κ2) is 10.7. The standard InChI is InChI=1S/C22H34N4O2/c1-15(2)10-12-27-21-13-16(3)7-8-19(21)14-25-22(23-6)24-11-9-20-17(4)26-28-18(20)5/h7-8,13,15H,9-12,14H2,1-6H3,(H2,23,24,25). The molecule has 0 aliphatic heterocycles. The van der Waals surface area contributed by atoms with Crippen molar-refractivity contribution < 1.29 is 9.26 Å². The van der Waals surface area contributed by atoms with Crippen molar-refractivity contribution >= 4 is 5.96 Å². The summed E-state index contributed by atoms with van der Waals surface area (Å²) in [7, 11) is 1.78. The fourth-order valence-corrected chi connectivity index (χ4v) is 2.91. The fourth-order valence-electron chi connectivity index (χ4n) is 2.91. The minimum Gasteiger partial charge on any atom is -0.493 e. The summed E-state index contributed by atoms with van der Waals surface area (Å²) in [4.78, 5) is 4.31. The summed E-state index contributed by atoms with van der Waals surface area (Å²) in [5.41, 5.74) is 4.43. The molecule has 0 saturated heterocycles. The van der Waals surface area contributed by atoms with Gasteiger partial charge < -0.3 is 19.9 Å². The number of guanidine groups is 1. The molecule has 1 heterocycles. The van der Waals surface area contributed by atoms with Crippen LogP contribution in [0.1, 0.15) is 48.4 Å². The Hall–Kier alpha value is -2.50. The Labute approximate surface area is 168 Å². The Kier molecular flexibility index (Phi) is 8.36. The van der Waals surface area contributed by atoms with E-state index in [0.29, 0.717) is 12.5 Å². The van der Waals surface area contributed by atoms with Gasteiger partial charge in [-0.1, -0.05) is 31.1 Å². The van der Waals surface area contributed by atoms with E-state index >= 15 is 0 Å². The molecule has 1 aromatic carbocycles. The molecular weight excluding hydrogens is 352 g/mol. The maximum absolute atomic E-state index is 6.03. The van der Waals surface area contributed by atoms with Crippen molar-refractivity contribution in [2.24, 2.45) is 10.9 Å². The maximum Gasteiger partial charge on any atom is 0.191 e. The predicted octanol–water partition coefficient (Wildman–Crippen LogP) is 3.93. The summed E-state index contributed by atoms with van der Waals surface area (Å²) in [6.07, 6.45) is 1.89. The smallest absolute Gasteiger partial charge is 0.191 e. The Morgan fingerprint density at radius 3 is 2.64 bits per heavy atom. The Bertz CT molecular complexity index is 761. The van der Waals surface area contributed by atoms with Gasteiger partial charge >= 0.3 is 0 Å². The van der Waals surface area contributed by atoms with Gasteiger partial charge in [0.05, 0.1) is 12.3 Å². The SMILES string of the molecule is CN=C(NCCc1c(C)noc1C)NCc1ccc(C)cc1OCCC(C)C. The Morgan fingerprint density at radius 1 is 1.21 bits per heavy atom. The average molecular weight is 387 g/mol. The second-order valence-electron chi connectivity index (χ2n) is 7.55. The number of aromatic nitrogens is 1. The molecule has 0 aliphatic rings. The van der Waals surface area contributed by atoms with Crippen LogP contribution in [0.4, 0.5) is 0 Å². The van der Waals surface area contributed by atoms with Crippen molar-refractivity contribution in [2.45, 2.75) is 54.0 Å². The van der Waals surface area contributed by atoms with Crippen LogP contribution in [-0.4, -0.2) is 31.3 Å². The van der Waals surface area contributed by atoms with Gasteiger partial charge in [0.2, 0.25) is 0 Å². The van der Waals surface area contributed by atoms with Crippen LogP contribution in [0.3, 0.4) is 0 Å². The molecule has 2 N–H and O–H groups in total. The number of aliphatic imine (C=N–C) groups is 1. The normalized spacial score (nSPS) is 11.8. The van der Waals surface area contributed by atoms with E-state index in [1.54, 1.807) is 7.05 Å². The molecule has 0 unspecified atom stereocenters. The molecular formula is C22H34N4O2. The molecule has 0 spiro atoms. The number of rotatable bonds is 9. The molecule has 6 heteroatoms. The number of ether oxygens (including phenoxy) is 1. The molecule has 28 heavy (non-hydrogen) atoms. The van der Waals surface area contributed by atoms with Crippen molar-refractivity contribution in [3.8, 4) is 5.75 Å². The molecule has 2 aromatic rings. The minimum atomic E-state index is 0.632. The highest BCUT2D eigenvalue weighted by molar-refractivity contribution is 5.79. The van der Waals surface area contributed by atoms with Gasteiger partial charge in [-0.05, 0) is 51.2 Å². The Balaban J connectivity index is 1.88. The molecule has 0 fully saturated rings. The third kappa shape index (κ3) is 6.59. The van der Waals surface area contributed by atoms with Crippen LogP contribution in [0.15, 0.2) is 27.7 Å². The molecule has 0 amide bonds. The van der Waals surface area contributed by atoms with E-state index in [0.717, 1.165) is 60.3 Å². The maximum atomic E-state index is 6.03. The predicted molar refractivity (Wildman–Crippen MR) is 114 cm³/mol. The highest BCUT2D eigenvalue weighted by atomic mass is 16.5. The zero-order chi connectivity index (χ0) is 20.5. The largest absolute Gasteiger partial charge is 0.493 e. The number of benzene rings is 1. The van der Waals surface area contributed by atoms with Crippen LogP contribution in [0.25, 0.3) is 0 Å². The molecule has 0 atom stereocenters.